The van der Waals surface area contributed by atoms with Crippen molar-refractivity contribution in [2.24, 2.45) is 0 Å². The van der Waals surface area contributed by atoms with Gasteiger partial charge >= 0.3 is 0 Å². The zero-order valence-electron chi connectivity index (χ0n) is 6.42. The van der Waals surface area contributed by atoms with Gasteiger partial charge < -0.3 is 5.11 Å². The van der Waals surface area contributed by atoms with Gasteiger partial charge in [0.1, 0.15) is 0 Å². The van der Waals surface area contributed by atoms with Crippen LogP contribution in [0.1, 0.15) is 32.6 Å². The fourth-order valence-corrected chi connectivity index (χ4v) is 0.992. The van der Waals surface area contributed by atoms with E-state index in [1.807, 2.05) is 0 Å². The second kappa shape index (κ2) is 3.84. The van der Waals surface area contributed by atoms with Crippen LogP contribution in [0, 0.1) is 6.61 Å². The van der Waals surface area contributed by atoms with Crippen molar-refractivity contribution in [1.29, 1.82) is 0 Å². The molecule has 0 saturated carbocycles. The predicted octanol–water partition coefficient (Wildman–Crippen LogP) is 1.49. The molecule has 0 aromatic heterocycles. The van der Waals surface area contributed by atoms with Crippen LogP contribution in [0.3, 0.4) is 0 Å². The van der Waals surface area contributed by atoms with E-state index in [1.54, 1.807) is 6.61 Å². The third-order valence-electron chi connectivity index (χ3n) is 1.72. The molecular weight excluding hydrogens is 128 g/mol. The van der Waals surface area contributed by atoms with Crippen molar-refractivity contribution in [2.75, 3.05) is 0 Å². The summed E-state index contributed by atoms with van der Waals surface area (Å²) in [4.78, 5) is 0. The van der Waals surface area contributed by atoms with Gasteiger partial charge in [-0.05, 0) is 6.42 Å². The van der Waals surface area contributed by atoms with Crippen molar-refractivity contribution in [3.05, 3.63) is 6.61 Å². The highest BCUT2D eigenvalue weighted by Crippen LogP contribution is 2.22. The van der Waals surface area contributed by atoms with Gasteiger partial charge in [0.25, 0.3) is 12.7 Å². The molecule has 1 aliphatic rings. The topological polar surface area (TPSA) is 32.8 Å². The van der Waals surface area contributed by atoms with E-state index >= 15 is 0 Å². The van der Waals surface area contributed by atoms with Crippen LogP contribution in [0.2, 0.25) is 0 Å². The first-order valence-corrected chi connectivity index (χ1v) is 3.99. The first-order chi connectivity index (χ1) is 4.83. The van der Waals surface area contributed by atoms with Crippen LogP contribution in [-0.4, -0.2) is 17.3 Å². The van der Waals surface area contributed by atoms with Crippen LogP contribution < -0.4 is 0 Å². The fraction of sp³-hybridized carbons (Fsp3) is 0.875. The average Bonchev–Trinajstić information content (AvgIpc) is 2.67. The Balaban J connectivity index is 1.91. The first-order valence-electron chi connectivity index (χ1n) is 3.99. The van der Waals surface area contributed by atoms with Gasteiger partial charge in [0.15, 0.2) is 0 Å². The highest BCUT2D eigenvalue weighted by Gasteiger charge is 2.40. The molecule has 0 aliphatic carbocycles. The number of epoxide rings is 1. The standard InChI is InChI=1S/C8H15O2/c1-2-3-4-7(9)5-8-6-10-8/h6-9H,2-5H2,1H3/q+1/t7-,8-/m1/s1. The highest BCUT2D eigenvalue weighted by atomic mass is 16.6. The van der Waals surface area contributed by atoms with Gasteiger partial charge in [0.05, 0.1) is 6.10 Å². The van der Waals surface area contributed by atoms with E-state index < -0.39 is 0 Å². The molecule has 1 saturated heterocycles. The first kappa shape index (κ1) is 7.89. The maximum Gasteiger partial charge on any atom is 0.278 e. The third-order valence-corrected chi connectivity index (χ3v) is 1.72. The fourth-order valence-electron chi connectivity index (χ4n) is 0.992. The van der Waals surface area contributed by atoms with Gasteiger partial charge in [-0.25, -0.2) is 0 Å². The maximum atomic E-state index is 9.29. The molecule has 0 aromatic rings. The number of hydrogen-bond donors (Lipinski definition) is 1. The Kier molecular flexibility index (Phi) is 3.03. The monoisotopic (exact) mass is 143 g/mol. The lowest BCUT2D eigenvalue weighted by molar-refractivity contribution is 0.140. The minimum Gasteiger partial charge on any atom is -0.393 e. The van der Waals surface area contributed by atoms with E-state index in [0.29, 0.717) is 0 Å². The van der Waals surface area contributed by atoms with Gasteiger partial charge in [-0.15, -0.1) is 4.74 Å². The SMILES string of the molecule is CCCC[C@@H](O)C[C@@H]1[CH+]O1. The Labute approximate surface area is 62.2 Å². The molecule has 1 rings (SSSR count). The van der Waals surface area contributed by atoms with Crippen molar-refractivity contribution in [1.82, 2.24) is 0 Å². The predicted molar refractivity (Wildman–Crippen MR) is 39.3 cm³/mol. The van der Waals surface area contributed by atoms with Gasteiger partial charge in [-0.2, -0.15) is 0 Å². The van der Waals surface area contributed by atoms with Crippen LogP contribution in [0.5, 0.6) is 0 Å². The molecule has 1 heterocycles. The van der Waals surface area contributed by atoms with E-state index in [-0.39, 0.29) is 12.2 Å². The average molecular weight is 143 g/mol. The molecule has 0 aromatic carbocycles. The zero-order valence-corrected chi connectivity index (χ0v) is 6.42. The van der Waals surface area contributed by atoms with Crippen LogP contribution in [0.15, 0.2) is 0 Å². The lowest BCUT2D eigenvalue weighted by Crippen LogP contribution is -2.08. The van der Waals surface area contributed by atoms with Gasteiger partial charge in [-0.3, -0.25) is 0 Å². The summed E-state index contributed by atoms with van der Waals surface area (Å²) < 4.78 is 4.87. The molecule has 2 nitrogen and oxygen atoms in total. The number of rotatable bonds is 5. The van der Waals surface area contributed by atoms with Crippen LogP contribution in [0.25, 0.3) is 0 Å². The molecule has 0 radical (unpaired) electrons. The summed E-state index contributed by atoms with van der Waals surface area (Å²) in [6.45, 7) is 3.90. The summed E-state index contributed by atoms with van der Waals surface area (Å²) >= 11 is 0. The van der Waals surface area contributed by atoms with E-state index in [0.717, 1.165) is 25.7 Å². The molecule has 0 bridgehead atoms. The summed E-state index contributed by atoms with van der Waals surface area (Å²) in [5, 5.41) is 9.29. The Bertz CT molecular complexity index is 89.3. The maximum absolute atomic E-state index is 9.29. The molecular formula is C8H15O2+. The van der Waals surface area contributed by atoms with Gasteiger partial charge in [0.2, 0.25) is 0 Å². The zero-order chi connectivity index (χ0) is 7.40. The van der Waals surface area contributed by atoms with E-state index in [4.69, 9.17) is 4.74 Å². The Hall–Kier alpha value is -0.210. The Morgan fingerprint density at radius 1 is 1.70 bits per heavy atom. The summed E-state index contributed by atoms with van der Waals surface area (Å²) in [7, 11) is 0. The summed E-state index contributed by atoms with van der Waals surface area (Å²) in [6.07, 6.45) is 4.10. The third kappa shape index (κ3) is 3.08. The number of aliphatic hydroxyl groups excluding tert-OH is 1. The molecule has 10 heavy (non-hydrogen) atoms. The van der Waals surface area contributed by atoms with Crippen molar-refractivity contribution in [2.45, 2.75) is 44.8 Å². The van der Waals surface area contributed by atoms with Crippen LogP contribution in [0.4, 0.5) is 0 Å². The van der Waals surface area contributed by atoms with Gasteiger partial charge in [-0.1, -0.05) is 19.8 Å². The van der Waals surface area contributed by atoms with E-state index in [9.17, 15) is 5.11 Å². The Morgan fingerprint density at radius 2 is 2.40 bits per heavy atom. The molecule has 0 spiro atoms. The molecule has 0 unspecified atom stereocenters. The summed E-state index contributed by atoms with van der Waals surface area (Å²) in [6, 6.07) is 0. The Morgan fingerprint density at radius 3 is 2.90 bits per heavy atom. The summed E-state index contributed by atoms with van der Waals surface area (Å²) in [5.74, 6) is 0. The quantitative estimate of drug-likeness (QED) is 0.467. The lowest BCUT2D eigenvalue weighted by atomic mass is 10.1. The van der Waals surface area contributed by atoms with Crippen molar-refractivity contribution >= 4 is 0 Å². The number of aliphatic hydroxyl groups is 1. The minimum atomic E-state index is -0.149. The molecule has 1 fully saturated rings. The normalized spacial score (nSPS) is 25.6. The second-order valence-electron chi connectivity index (χ2n) is 2.84. The lowest BCUT2D eigenvalue weighted by Gasteiger charge is -2.03. The van der Waals surface area contributed by atoms with Crippen molar-refractivity contribution in [3.63, 3.8) is 0 Å². The molecule has 0 amide bonds. The number of ether oxygens (including phenoxy) is 1. The largest absolute Gasteiger partial charge is 0.393 e. The van der Waals surface area contributed by atoms with E-state index in [2.05, 4.69) is 6.92 Å². The highest BCUT2D eigenvalue weighted by molar-refractivity contribution is 4.84. The number of hydrogen-bond acceptors (Lipinski definition) is 2. The minimum absolute atomic E-state index is 0.149. The van der Waals surface area contributed by atoms with Crippen molar-refractivity contribution in [3.8, 4) is 0 Å². The molecule has 58 valence electrons. The van der Waals surface area contributed by atoms with Crippen LogP contribution >= 0.6 is 0 Å². The molecule has 1 aliphatic heterocycles. The van der Waals surface area contributed by atoms with Crippen molar-refractivity contribution < 1.29 is 9.84 Å². The van der Waals surface area contributed by atoms with E-state index in [1.165, 1.54) is 0 Å². The molecule has 1 N–H and O–H groups in total. The second-order valence-corrected chi connectivity index (χ2v) is 2.84. The van der Waals surface area contributed by atoms with Gasteiger partial charge in [0, 0.05) is 6.42 Å². The number of unbranched alkanes of at least 4 members (excludes halogenated alkanes) is 1. The smallest absolute Gasteiger partial charge is 0.278 e. The van der Waals surface area contributed by atoms with Crippen LogP contribution in [-0.2, 0) is 4.74 Å². The molecule has 2 atom stereocenters. The summed E-state index contributed by atoms with van der Waals surface area (Å²) in [5.41, 5.74) is 0. The molecule has 2 heteroatoms.